The second kappa shape index (κ2) is 10.0. The van der Waals surface area contributed by atoms with Crippen LogP contribution in [0, 0.1) is 11.7 Å². The van der Waals surface area contributed by atoms with Crippen molar-refractivity contribution in [3.8, 4) is 0 Å². The van der Waals surface area contributed by atoms with E-state index in [9.17, 15) is 14.0 Å². The Morgan fingerprint density at radius 2 is 1.54 bits per heavy atom. The second-order valence-electron chi connectivity index (χ2n) is 7.92. The van der Waals surface area contributed by atoms with Gasteiger partial charge in [0.15, 0.2) is 0 Å². The Bertz CT molecular complexity index is 1310. The maximum Gasteiger partial charge on any atom is 0.257 e. The lowest BCUT2D eigenvalue weighted by Crippen LogP contribution is -2.18. The molecule has 0 aliphatic heterocycles. The third kappa shape index (κ3) is 5.47. The van der Waals surface area contributed by atoms with Gasteiger partial charge in [0.1, 0.15) is 10.2 Å². The molecule has 2 amide bonds. The number of carbonyl (C=O) groups is 2. The Labute approximate surface area is 225 Å². The second-order valence-corrected chi connectivity index (χ2v) is 10.6. The van der Waals surface area contributed by atoms with Gasteiger partial charge in [0.05, 0.1) is 22.2 Å². The number of anilines is 3. The van der Waals surface area contributed by atoms with Crippen LogP contribution in [0.25, 0.3) is 0 Å². The minimum Gasteiger partial charge on any atom is -0.388 e. The molecule has 0 heterocycles. The van der Waals surface area contributed by atoms with E-state index < -0.39 is 33.8 Å². The third-order valence-corrected chi connectivity index (χ3v) is 7.27. The Morgan fingerprint density at radius 1 is 0.886 bits per heavy atom. The van der Waals surface area contributed by atoms with Crippen LogP contribution >= 0.6 is 58.0 Å². The summed E-state index contributed by atoms with van der Waals surface area (Å²) < 4.78 is 12.9. The summed E-state index contributed by atoms with van der Waals surface area (Å²) in [6.45, 7) is 0. The van der Waals surface area contributed by atoms with E-state index in [1.807, 2.05) is 0 Å². The van der Waals surface area contributed by atoms with Gasteiger partial charge in [0, 0.05) is 34.4 Å². The summed E-state index contributed by atoms with van der Waals surface area (Å²) >= 11 is 31.1. The molecule has 0 saturated heterocycles. The SMILES string of the molecule is CNc1ccc(NC(=O)c2cc(NC(=O)[C@@H]3[C@@H](c4cc(Cl)cc(Cl)c4)C3(Cl)Cl)ccc2Cl)c(F)c1. The highest BCUT2D eigenvalue weighted by Crippen LogP contribution is 2.65. The molecule has 2 atom stereocenters. The van der Waals surface area contributed by atoms with Crippen LogP contribution in [0.15, 0.2) is 54.6 Å². The van der Waals surface area contributed by atoms with Crippen molar-refractivity contribution < 1.29 is 14.0 Å². The highest BCUT2D eigenvalue weighted by Gasteiger charge is 2.67. The molecule has 11 heteroatoms. The molecule has 3 aromatic rings. The van der Waals surface area contributed by atoms with Gasteiger partial charge in [0.25, 0.3) is 5.91 Å². The topological polar surface area (TPSA) is 70.2 Å². The number of amides is 2. The van der Waals surface area contributed by atoms with Gasteiger partial charge in [0.2, 0.25) is 5.91 Å². The number of alkyl halides is 2. The van der Waals surface area contributed by atoms with Crippen molar-refractivity contribution >= 4 is 86.9 Å². The van der Waals surface area contributed by atoms with Gasteiger partial charge in [-0.25, -0.2) is 4.39 Å². The van der Waals surface area contributed by atoms with E-state index in [1.54, 1.807) is 31.3 Å². The van der Waals surface area contributed by atoms with Gasteiger partial charge in [-0.1, -0.05) is 34.8 Å². The van der Waals surface area contributed by atoms with Gasteiger partial charge >= 0.3 is 0 Å². The lowest BCUT2D eigenvalue weighted by molar-refractivity contribution is -0.117. The third-order valence-electron chi connectivity index (χ3n) is 5.56. The molecule has 0 spiro atoms. The fourth-order valence-corrected chi connectivity index (χ4v) is 5.36. The molecule has 0 radical (unpaired) electrons. The van der Waals surface area contributed by atoms with E-state index in [1.165, 1.54) is 30.3 Å². The maximum absolute atomic E-state index is 14.3. The fraction of sp³-hybridized carbons (Fsp3) is 0.167. The van der Waals surface area contributed by atoms with Crippen LogP contribution in [-0.2, 0) is 4.79 Å². The molecule has 1 saturated carbocycles. The van der Waals surface area contributed by atoms with Crippen molar-refractivity contribution in [3.05, 3.63) is 86.6 Å². The predicted octanol–water partition coefficient (Wildman–Crippen LogP) is 7.61. The van der Waals surface area contributed by atoms with E-state index in [0.717, 1.165) is 0 Å². The largest absolute Gasteiger partial charge is 0.388 e. The highest BCUT2D eigenvalue weighted by molar-refractivity contribution is 6.53. The molecule has 3 N–H and O–H groups in total. The number of hydrogen-bond donors (Lipinski definition) is 3. The molecule has 5 nitrogen and oxygen atoms in total. The number of benzene rings is 3. The highest BCUT2D eigenvalue weighted by atomic mass is 35.5. The van der Waals surface area contributed by atoms with Crippen LogP contribution in [0.4, 0.5) is 21.5 Å². The number of rotatable bonds is 6. The molecule has 4 rings (SSSR count). The number of hydrogen-bond acceptors (Lipinski definition) is 3. The van der Waals surface area contributed by atoms with Crippen LogP contribution in [0.2, 0.25) is 15.1 Å². The van der Waals surface area contributed by atoms with Crippen molar-refractivity contribution in [1.29, 1.82) is 0 Å². The summed E-state index contributed by atoms with van der Waals surface area (Å²) in [6.07, 6.45) is 0. The molecular formula is C24H17Cl5FN3O2. The van der Waals surface area contributed by atoms with Crippen LogP contribution < -0.4 is 16.0 Å². The van der Waals surface area contributed by atoms with Crippen molar-refractivity contribution in [3.63, 3.8) is 0 Å². The lowest BCUT2D eigenvalue weighted by atomic mass is 10.1. The van der Waals surface area contributed by atoms with Crippen molar-refractivity contribution in [2.75, 3.05) is 23.0 Å². The number of carbonyl (C=O) groups excluding carboxylic acids is 2. The molecular weight excluding hydrogens is 559 g/mol. The average Bonchev–Trinajstić information content (AvgIpc) is 3.37. The molecule has 0 bridgehead atoms. The van der Waals surface area contributed by atoms with E-state index in [0.29, 0.717) is 21.3 Å². The summed E-state index contributed by atoms with van der Waals surface area (Å²) in [5.41, 5.74) is 1.49. The Kier molecular flexibility index (Phi) is 7.41. The van der Waals surface area contributed by atoms with Crippen LogP contribution in [0.1, 0.15) is 21.8 Å². The number of nitrogens with one attached hydrogen (secondary N) is 3. The van der Waals surface area contributed by atoms with Gasteiger partial charge in [-0.2, -0.15) is 0 Å². The summed E-state index contributed by atoms with van der Waals surface area (Å²) in [4.78, 5) is 25.7. The monoisotopic (exact) mass is 573 g/mol. The molecule has 1 aliphatic rings. The van der Waals surface area contributed by atoms with E-state index in [-0.39, 0.29) is 22.0 Å². The van der Waals surface area contributed by atoms with Gasteiger partial charge in [-0.15, -0.1) is 23.2 Å². The van der Waals surface area contributed by atoms with Crippen molar-refractivity contribution in [2.45, 2.75) is 10.3 Å². The zero-order valence-corrected chi connectivity index (χ0v) is 21.7. The minimum absolute atomic E-state index is 0.0189. The Morgan fingerprint density at radius 3 is 2.17 bits per heavy atom. The first kappa shape index (κ1) is 25.9. The van der Waals surface area contributed by atoms with Crippen molar-refractivity contribution in [2.24, 2.45) is 5.92 Å². The van der Waals surface area contributed by atoms with Gasteiger partial charge in [-0.05, 0) is 60.2 Å². The zero-order valence-electron chi connectivity index (χ0n) is 17.9. The summed E-state index contributed by atoms with van der Waals surface area (Å²) in [7, 11) is 1.65. The normalized spacial score (nSPS) is 18.0. The maximum atomic E-state index is 14.3. The average molecular weight is 576 g/mol. The van der Waals surface area contributed by atoms with Crippen LogP contribution in [0.3, 0.4) is 0 Å². The van der Waals surface area contributed by atoms with Gasteiger partial charge in [-0.3, -0.25) is 9.59 Å². The van der Waals surface area contributed by atoms with E-state index >= 15 is 0 Å². The summed E-state index contributed by atoms with van der Waals surface area (Å²) in [6, 6.07) is 13.5. The van der Waals surface area contributed by atoms with Gasteiger partial charge < -0.3 is 16.0 Å². The first-order valence-electron chi connectivity index (χ1n) is 10.2. The van der Waals surface area contributed by atoms with Crippen LogP contribution in [0.5, 0.6) is 0 Å². The Hall–Kier alpha value is -2.22. The van der Waals surface area contributed by atoms with E-state index in [4.69, 9.17) is 58.0 Å². The number of halogens is 6. The summed E-state index contributed by atoms with van der Waals surface area (Å²) in [5.74, 6) is -3.04. The fourth-order valence-electron chi connectivity index (χ4n) is 3.78. The first-order chi connectivity index (χ1) is 16.5. The summed E-state index contributed by atoms with van der Waals surface area (Å²) in [5, 5.41) is 8.91. The first-order valence-corrected chi connectivity index (χ1v) is 12.1. The van der Waals surface area contributed by atoms with Crippen molar-refractivity contribution in [1.82, 2.24) is 0 Å². The molecule has 35 heavy (non-hydrogen) atoms. The molecule has 1 fully saturated rings. The molecule has 3 aromatic carbocycles. The van der Waals surface area contributed by atoms with E-state index in [2.05, 4.69) is 16.0 Å². The standard InChI is InChI=1S/C24H17Cl5FN3O2/c1-31-14-3-5-19(18(30)10-14)33-22(34)16-9-15(2-4-17(16)27)32-23(35)21-20(24(21,28)29)11-6-12(25)8-13(26)7-11/h2-10,20-21,31H,1H3,(H,32,35)(H,33,34)/t20-,21+/m1/s1. The molecule has 182 valence electrons. The quantitative estimate of drug-likeness (QED) is 0.265. The predicted molar refractivity (Wildman–Crippen MR) is 141 cm³/mol. The molecule has 1 aliphatic carbocycles. The molecule has 0 unspecified atom stereocenters. The lowest BCUT2D eigenvalue weighted by Gasteiger charge is -2.11. The minimum atomic E-state index is -1.36. The zero-order chi connectivity index (χ0) is 25.5. The molecule has 0 aromatic heterocycles. The Balaban J connectivity index is 1.51. The smallest absolute Gasteiger partial charge is 0.257 e. The van der Waals surface area contributed by atoms with Crippen LogP contribution in [-0.4, -0.2) is 23.2 Å².